The molecule has 1 heterocycles. The lowest BCUT2D eigenvalue weighted by molar-refractivity contribution is -0.123. The Morgan fingerprint density at radius 3 is 2.68 bits per heavy atom. The van der Waals surface area contributed by atoms with Gasteiger partial charge in [-0.15, -0.1) is 0 Å². The summed E-state index contributed by atoms with van der Waals surface area (Å²) in [5.74, 6) is 0.655. The van der Waals surface area contributed by atoms with E-state index in [1.165, 1.54) is 0 Å². The summed E-state index contributed by atoms with van der Waals surface area (Å²) in [4.78, 5) is 28.2. The number of nitrogens with zero attached hydrogens (tertiary/aromatic N) is 1. The molecule has 3 N–H and O–H groups in total. The molecule has 0 saturated heterocycles. The number of hydrazone groups is 1. The maximum absolute atomic E-state index is 13.0. The molecule has 3 aromatic rings. The second kappa shape index (κ2) is 11.4. The summed E-state index contributed by atoms with van der Waals surface area (Å²) in [6.45, 7) is 8.05. The first-order chi connectivity index (χ1) is 16.3. The molecule has 8 heteroatoms. The topological polar surface area (TPSA) is 105 Å². The van der Waals surface area contributed by atoms with Gasteiger partial charge in [-0.2, -0.15) is 5.10 Å². The molecular formula is C26H32N4O4. The number of rotatable bonds is 9. The molecule has 0 aliphatic heterocycles. The minimum atomic E-state index is -0.862. The number of para-hydroxylation sites is 1. The van der Waals surface area contributed by atoms with Crippen LogP contribution in [0.5, 0.6) is 5.75 Å². The van der Waals surface area contributed by atoms with Gasteiger partial charge in [0.1, 0.15) is 11.8 Å². The predicted octanol–water partition coefficient (Wildman–Crippen LogP) is 4.42. The van der Waals surface area contributed by atoms with Crippen LogP contribution in [0.1, 0.15) is 48.9 Å². The van der Waals surface area contributed by atoms with Gasteiger partial charge < -0.3 is 19.8 Å². The van der Waals surface area contributed by atoms with E-state index in [1.54, 1.807) is 20.2 Å². The minimum absolute atomic E-state index is 0.209. The van der Waals surface area contributed by atoms with Crippen LogP contribution in [-0.4, -0.2) is 43.0 Å². The number of aryl methyl sites for hydroxylation is 1. The van der Waals surface area contributed by atoms with Crippen LogP contribution >= 0.6 is 0 Å². The number of aromatic amines is 1. The van der Waals surface area contributed by atoms with E-state index in [9.17, 15) is 9.59 Å². The Balaban J connectivity index is 1.78. The Morgan fingerprint density at radius 1 is 1.21 bits per heavy atom. The quantitative estimate of drug-likeness (QED) is 0.322. The summed E-state index contributed by atoms with van der Waals surface area (Å²) in [6, 6.07) is 10.9. The van der Waals surface area contributed by atoms with Crippen LogP contribution in [0.15, 0.2) is 47.7 Å². The number of ether oxygens (including phenoxy) is 2. The number of H-pyrrole nitrogens is 1. The Morgan fingerprint density at radius 2 is 1.97 bits per heavy atom. The smallest absolute Gasteiger partial charge is 0.407 e. The standard InChI is InChI=1S/C26H32N4O4/c1-6-34-26(32)29-23(13-19-14-27-22-10-8-7-9-20(19)22)25(31)30-28-15-18-12-21(16(2)3)24(33-5)11-17(18)4/h7-12,14-16,23,27H,6,13H2,1-5H3,(H,29,32)(H,30,31)/b28-15-/t23-/m1/s1. The van der Waals surface area contributed by atoms with E-state index in [0.717, 1.165) is 38.9 Å². The highest BCUT2D eigenvalue weighted by Crippen LogP contribution is 2.29. The molecule has 0 bridgehead atoms. The number of methoxy groups -OCH3 is 1. The lowest BCUT2D eigenvalue weighted by atomic mass is 9.97. The van der Waals surface area contributed by atoms with Gasteiger partial charge in [-0.05, 0) is 60.2 Å². The number of hydrogen-bond acceptors (Lipinski definition) is 5. The van der Waals surface area contributed by atoms with Crippen molar-refractivity contribution >= 4 is 29.1 Å². The predicted molar refractivity (Wildman–Crippen MR) is 134 cm³/mol. The monoisotopic (exact) mass is 464 g/mol. The first-order valence-corrected chi connectivity index (χ1v) is 11.3. The molecule has 180 valence electrons. The zero-order valence-electron chi connectivity index (χ0n) is 20.3. The van der Waals surface area contributed by atoms with Crippen molar-refractivity contribution in [1.29, 1.82) is 0 Å². The Labute approximate surface area is 199 Å². The number of fused-ring (bicyclic) bond motifs is 1. The van der Waals surface area contributed by atoms with E-state index >= 15 is 0 Å². The number of carbonyl (C=O) groups is 2. The molecule has 3 rings (SSSR count). The highest BCUT2D eigenvalue weighted by molar-refractivity contribution is 5.89. The first-order valence-electron chi connectivity index (χ1n) is 11.3. The summed E-state index contributed by atoms with van der Waals surface area (Å²) >= 11 is 0. The Hall–Kier alpha value is -3.81. The van der Waals surface area contributed by atoms with E-state index in [-0.39, 0.29) is 18.9 Å². The summed E-state index contributed by atoms with van der Waals surface area (Å²) in [5.41, 5.74) is 7.33. The molecular weight excluding hydrogens is 432 g/mol. The maximum atomic E-state index is 13.0. The Bertz CT molecular complexity index is 1180. The number of alkyl carbamates (subject to hydrolysis) is 1. The summed E-state index contributed by atoms with van der Waals surface area (Å²) in [7, 11) is 1.65. The van der Waals surface area contributed by atoms with Crippen LogP contribution in [0, 0.1) is 6.92 Å². The van der Waals surface area contributed by atoms with E-state index in [0.29, 0.717) is 0 Å². The Kier molecular flexibility index (Phi) is 8.29. The van der Waals surface area contributed by atoms with Crippen molar-refractivity contribution < 1.29 is 19.1 Å². The van der Waals surface area contributed by atoms with Crippen molar-refractivity contribution in [2.75, 3.05) is 13.7 Å². The molecule has 2 amide bonds. The lowest BCUT2D eigenvalue weighted by Gasteiger charge is -2.17. The van der Waals surface area contributed by atoms with Gasteiger partial charge in [-0.25, -0.2) is 10.2 Å². The van der Waals surface area contributed by atoms with Crippen LogP contribution in [0.25, 0.3) is 10.9 Å². The maximum Gasteiger partial charge on any atom is 0.407 e. The molecule has 2 aromatic carbocycles. The zero-order chi connectivity index (χ0) is 24.7. The third kappa shape index (κ3) is 5.95. The molecule has 0 unspecified atom stereocenters. The zero-order valence-corrected chi connectivity index (χ0v) is 20.3. The van der Waals surface area contributed by atoms with E-state index in [2.05, 4.69) is 34.7 Å². The molecule has 0 radical (unpaired) electrons. The first kappa shape index (κ1) is 24.8. The van der Waals surface area contributed by atoms with Crippen LogP contribution in [-0.2, 0) is 16.0 Å². The van der Waals surface area contributed by atoms with Crippen molar-refractivity contribution in [2.24, 2.45) is 5.10 Å². The third-order valence-electron chi connectivity index (χ3n) is 5.60. The van der Waals surface area contributed by atoms with Gasteiger partial charge in [0, 0.05) is 23.5 Å². The number of benzene rings is 2. The van der Waals surface area contributed by atoms with Crippen LogP contribution < -0.4 is 15.5 Å². The van der Waals surface area contributed by atoms with Crippen molar-refractivity contribution in [2.45, 2.75) is 46.1 Å². The molecule has 8 nitrogen and oxygen atoms in total. The fourth-order valence-electron chi connectivity index (χ4n) is 3.77. The molecule has 0 aliphatic rings. The average Bonchev–Trinajstić information content (AvgIpc) is 3.22. The highest BCUT2D eigenvalue weighted by Gasteiger charge is 2.23. The number of aromatic nitrogens is 1. The fraction of sp³-hybridized carbons (Fsp3) is 0.346. The second-order valence-corrected chi connectivity index (χ2v) is 8.32. The van der Waals surface area contributed by atoms with E-state index in [1.807, 2.05) is 49.5 Å². The largest absolute Gasteiger partial charge is 0.496 e. The SMILES string of the molecule is CCOC(=O)N[C@H](Cc1c[nH]c2ccccc12)C(=O)N/N=C\c1cc(C(C)C)c(OC)cc1C. The van der Waals surface area contributed by atoms with Crippen molar-refractivity contribution in [3.05, 3.63) is 64.8 Å². The number of hydrogen-bond donors (Lipinski definition) is 3. The summed E-state index contributed by atoms with van der Waals surface area (Å²) in [5, 5.41) is 7.79. The number of amides is 2. The molecule has 0 aliphatic carbocycles. The highest BCUT2D eigenvalue weighted by atomic mass is 16.5. The van der Waals surface area contributed by atoms with Gasteiger partial charge in [-0.1, -0.05) is 32.0 Å². The van der Waals surface area contributed by atoms with Crippen LogP contribution in [0.2, 0.25) is 0 Å². The molecule has 0 spiro atoms. The van der Waals surface area contributed by atoms with Gasteiger partial charge in [0.05, 0.1) is 19.9 Å². The van der Waals surface area contributed by atoms with Gasteiger partial charge in [0.15, 0.2) is 0 Å². The molecule has 0 fully saturated rings. The van der Waals surface area contributed by atoms with Gasteiger partial charge in [0.2, 0.25) is 0 Å². The van der Waals surface area contributed by atoms with Crippen LogP contribution in [0.3, 0.4) is 0 Å². The van der Waals surface area contributed by atoms with Crippen molar-refractivity contribution in [3.63, 3.8) is 0 Å². The average molecular weight is 465 g/mol. The van der Waals surface area contributed by atoms with Crippen LogP contribution in [0.4, 0.5) is 4.79 Å². The summed E-state index contributed by atoms with van der Waals surface area (Å²) in [6.07, 6.45) is 3.07. The second-order valence-electron chi connectivity index (χ2n) is 8.32. The molecule has 34 heavy (non-hydrogen) atoms. The summed E-state index contributed by atoms with van der Waals surface area (Å²) < 4.78 is 10.5. The number of nitrogens with one attached hydrogen (secondary N) is 3. The normalized spacial score (nSPS) is 12.2. The van der Waals surface area contributed by atoms with Gasteiger partial charge in [-0.3, -0.25) is 4.79 Å². The van der Waals surface area contributed by atoms with Gasteiger partial charge in [0.25, 0.3) is 5.91 Å². The van der Waals surface area contributed by atoms with Crippen molar-refractivity contribution in [3.8, 4) is 5.75 Å². The lowest BCUT2D eigenvalue weighted by Crippen LogP contribution is -2.47. The molecule has 1 atom stereocenters. The molecule has 0 saturated carbocycles. The molecule has 1 aromatic heterocycles. The van der Waals surface area contributed by atoms with E-state index in [4.69, 9.17) is 9.47 Å². The van der Waals surface area contributed by atoms with Crippen molar-refractivity contribution in [1.82, 2.24) is 15.7 Å². The van der Waals surface area contributed by atoms with E-state index < -0.39 is 18.0 Å². The third-order valence-corrected chi connectivity index (χ3v) is 5.60. The fourth-order valence-corrected chi connectivity index (χ4v) is 3.77. The number of carbonyl (C=O) groups excluding carboxylic acids is 2. The minimum Gasteiger partial charge on any atom is -0.496 e. The van der Waals surface area contributed by atoms with Gasteiger partial charge >= 0.3 is 6.09 Å².